The first-order valence-corrected chi connectivity index (χ1v) is 12.4. The Balaban J connectivity index is 1.38. The molecule has 168 valence electrons. The molecule has 0 bridgehead atoms. The maximum absolute atomic E-state index is 12.3. The van der Waals surface area contributed by atoms with Gasteiger partial charge >= 0.3 is 0 Å². The van der Waals surface area contributed by atoms with E-state index in [1.54, 1.807) is 18.4 Å². The minimum Gasteiger partial charge on any atom is -0.496 e. The van der Waals surface area contributed by atoms with Crippen LogP contribution in [0, 0.1) is 6.92 Å². The minimum absolute atomic E-state index is 0.0237. The molecule has 0 unspecified atom stereocenters. The summed E-state index contributed by atoms with van der Waals surface area (Å²) in [6.45, 7) is 4.75. The Labute approximate surface area is 197 Å². The third kappa shape index (κ3) is 5.82. The lowest BCUT2D eigenvalue weighted by molar-refractivity contribution is -0.118. The van der Waals surface area contributed by atoms with Crippen LogP contribution >= 0.6 is 23.1 Å². The maximum atomic E-state index is 12.3. The Morgan fingerprint density at radius 1 is 1.28 bits per heavy atom. The van der Waals surface area contributed by atoms with Gasteiger partial charge in [-0.05, 0) is 19.1 Å². The van der Waals surface area contributed by atoms with Crippen LogP contribution in [0.4, 0.5) is 0 Å². The summed E-state index contributed by atoms with van der Waals surface area (Å²) in [5.74, 6) is 2.11. The van der Waals surface area contributed by atoms with E-state index in [-0.39, 0.29) is 12.0 Å². The molecular formula is C24H27N3O3S2. The van der Waals surface area contributed by atoms with E-state index in [0.717, 1.165) is 45.7 Å². The highest BCUT2D eigenvalue weighted by Gasteiger charge is 2.26. The van der Waals surface area contributed by atoms with Gasteiger partial charge in [-0.15, -0.1) is 11.3 Å². The fourth-order valence-electron chi connectivity index (χ4n) is 3.67. The smallest absolute Gasteiger partial charge is 0.230 e. The molecule has 2 aromatic carbocycles. The molecule has 4 rings (SSSR count). The molecular weight excluding hydrogens is 442 g/mol. The molecule has 0 aliphatic carbocycles. The predicted octanol–water partition coefficient (Wildman–Crippen LogP) is 4.30. The van der Waals surface area contributed by atoms with Crippen LogP contribution < -0.4 is 14.8 Å². The average Bonchev–Trinajstić information content (AvgIpc) is 3.13. The van der Waals surface area contributed by atoms with Gasteiger partial charge in [0.15, 0.2) is 4.34 Å². The van der Waals surface area contributed by atoms with Crippen molar-refractivity contribution in [1.82, 2.24) is 15.2 Å². The molecule has 1 atom stereocenters. The number of methoxy groups -OCH3 is 1. The van der Waals surface area contributed by atoms with E-state index in [1.807, 2.05) is 48.7 Å². The molecule has 32 heavy (non-hydrogen) atoms. The normalized spacial score (nSPS) is 16.0. The largest absolute Gasteiger partial charge is 0.496 e. The van der Waals surface area contributed by atoms with E-state index in [4.69, 9.17) is 9.47 Å². The Bertz CT molecular complexity index is 1060. The van der Waals surface area contributed by atoms with Crippen molar-refractivity contribution >= 4 is 29.0 Å². The van der Waals surface area contributed by atoms with Gasteiger partial charge < -0.3 is 14.8 Å². The number of thiazole rings is 1. The van der Waals surface area contributed by atoms with Crippen molar-refractivity contribution in [2.75, 3.05) is 32.5 Å². The maximum Gasteiger partial charge on any atom is 0.230 e. The number of carbonyl (C=O) groups is 1. The third-order valence-electron chi connectivity index (χ3n) is 5.22. The van der Waals surface area contributed by atoms with Gasteiger partial charge in [0.2, 0.25) is 5.91 Å². The fraction of sp³-hybridized carbons (Fsp3) is 0.333. The summed E-state index contributed by atoms with van der Waals surface area (Å²) in [6.07, 6.45) is -0.158. The molecule has 0 saturated carbocycles. The van der Waals surface area contributed by atoms with Crippen LogP contribution in [0.25, 0.3) is 0 Å². The molecule has 8 heteroatoms. The van der Waals surface area contributed by atoms with Crippen LogP contribution in [-0.2, 0) is 11.3 Å². The number of aromatic nitrogens is 1. The number of rotatable bonds is 8. The van der Waals surface area contributed by atoms with Crippen LogP contribution in [0.15, 0.2) is 58.3 Å². The van der Waals surface area contributed by atoms with E-state index in [2.05, 4.69) is 27.3 Å². The van der Waals surface area contributed by atoms with Gasteiger partial charge in [0.05, 0.1) is 12.9 Å². The van der Waals surface area contributed by atoms with E-state index in [0.29, 0.717) is 18.8 Å². The number of fused-ring (bicyclic) bond motifs is 1. The Hall–Kier alpha value is -2.55. The van der Waals surface area contributed by atoms with Crippen molar-refractivity contribution in [1.29, 1.82) is 0 Å². The highest BCUT2D eigenvalue weighted by molar-refractivity contribution is 8.01. The van der Waals surface area contributed by atoms with Gasteiger partial charge in [0.25, 0.3) is 0 Å². The first kappa shape index (κ1) is 22.6. The second-order valence-electron chi connectivity index (χ2n) is 7.58. The first-order chi connectivity index (χ1) is 15.6. The monoisotopic (exact) mass is 469 g/mol. The summed E-state index contributed by atoms with van der Waals surface area (Å²) in [5.41, 5.74) is 3.16. The summed E-state index contributed by atoms with van der Waals surface area (Å²) >= 11 is 3.05. The lowest BCUT2D eigenvalue weighted by Crippen LogP contribution is -2.37. The van der Waals surface area contributed by atoms with E-state index >= 15 is 0 Å². The van der Waals surface area contributed by atoms with Gasteiger partial charge in [-0.1, -0.05) is 48.2 Å². The molecule has 1 amide bonds. The Morgan fingerprint density at radius 3 is 2.91 bits per heavy atom. The van der Waals surface area contributed by atoms with Crippen molar-refractivity contribution in [3.8, 4) is 11.5 Å². The quantitative estimate of drug-likeness (QED) is 0.496. The summed E-state index contributed by atoms with van der Waals surface area (Å²) in [6, 6.07) is 16.1. The number of nitrogens with one attached hydrogen (secondary N) is 1. The van der Waals surface area contributed by atoms with E-state index < -0.39 is 0 Å². The van der Waals surface area contributed by atoms with Gasteiger partial charge in [-0.3, -0.25) is 9.69 Å². The summed E-state index contributed by atoms with van der Waals surface area (Å²) < 4.78 is 12.9. The number of carbonyl (C=O) groups excluding carboxylic acids is 1. The minimum atomic E-state index is -0.158. The Morgan fingerprint density at radius 2 is 2.09 bits per heavy atom. The highest BCUT2D eigenvalue weighted by Crippen LogP contribution is 2.34. The molecule has 1 aliphatic heterocycles. The zero-order chi connectivity index (χ0) is 22.3. The van der Waals surface area contributed by atoms with E-state index in [9.17, 15) is 4.79 Å². The fourth-order valence-corrected chi connectivity index (χ4v) is 5.35. The van der Waals surface area contributed by atoms with Gasteiger partial charge in [-0.25, -0.2) is 4.98 Å². The lowest BCUT2D eigenvalue weighted by atomic mass is 10.1. The molecule has 2 heterocycles. The number of hydrogen-bond acceptors (Lipinski definition) is 7. The molecule has 1 aliphatic rings. The van der Waals surface area contributed by atoms with Gasteiger partial charge in [0, 0.05) is 48.4 Å². The lowest BCUT2D eigenvalue weighted by Gasteiger charge is -2.25. The molecule has 0 fully saturated rings. The molecule has 6 nitrogen and oxygen atoms in total. The predicted molar refractivity (Wildman–Crippen MR) is 129 cm³/mol. The van der Waals surface area contributed by atoms with Crippen LogP contribution in [-0.4, -0.2) is 48.3 Å². The number of hydrogen-bond donors (Lipinski definition) is 1. The molecule has 0 radical (unpaired) electrons. The van der Waals surface area contributed by atoms with Crippen molar-refractivity contribution in [2.45, 2.75) is 23.9 Å². The van der Waals surface area contributed by atoms with Gasteiger partial charge in [-0.2, -0.15) is 0 Å². The van der Waals surface area contributed by atoms with Crippen LogP contribution in [0.2, 0.25) is 0 Å². The number of amides is 1. The number of para-hydroxylation sites is 2. The van der Waals surface area contributed by atoms with Crippen LogP contribution in [0.3, 0.4) is 0 Å². The molecule has 3 aromatic rings. The number of benzene rings is 2. The second kappa shape index (κ2) is 10.8. The summed E-state index contributed by atoms with van der Waals surface area (Å²) in [5, 5.41) is 5.04. The third-order valence-corrected chi connectivity index (χ3v) is 7.36. The number of aryl methyl sites for hydroxylation is 1. The van der Waals surface area contributed by atoms with Crippen LogP contribution in [0.1, 0.15) is 22.9 Å². The zero-order valence-electron chi connectivity index (χ0n) is 18.2. The molecule has 1 N–H and O–H groups in total. The SMILES string of the molecule is COc1ccccc1[C@@H]1CN(CCNC(=O)CSc2nc(C)cs2)Cc2ccccc2O1. The molecule has 0 spiro atoms. The summed E-state index contributed by atoms with van der Waals surface area (Å²) in [7, 11) is 1.68. The Kier molecular flexibility index (Phi) is 7.68. The topological polar surface area (TPSA) is 63.7 Å². The summed E-state index contributed by atoms with van der Waals surface area (Å²) in [4.78, 5) is 19.0. The molecule has 0 saturated heterocycles. The van der Waals surface area contributed by atoms with Crippen LogP contribution in [0.5, 0.6) is 11.5 Å². The van der Waals surface area contributed by atoms with Crippen molar-refractivity contribution in [3.05, 3.63) is 70.7 Å². The number of nitrogens with zero attached hydrogens (tertiary/aromatic N) is 2. The number of ether oxygens (including phenoxy) is 2. The standard InChI is InChI=1S/C24H27N3O3S2/c1-17-15-31-24(26-17)32-16-23(28)25-11-12-27-13-18-7-3-5-9-20(18)30-22(14-27)19-8-4-6-10-21(19)29-2/h3-10,15,22H,11-14,16H2,1-2H3,(H,25,28)/t22-/m0/s1. The number of thioether (sulfide) groups is 1. The average molecular weight is 470 g/mol. The van der Waals surface area contributed by atoms with Crippen molar-refractivity contribution in [3.63, 3.8) is 0 Å². The van der Waals surface area contributed by atoms with Crippen molar-refractivity contribution in [2.24, 2.45) is 0 Å². The molecule has 1 aromatic heterocycles. The van der Waals surface area contributed by atoms with Crippen molar-refractivity contribution < 1.29 is 14.3 Å². The highest BCUT2D eigenvalue weighted by atomic mass is 32.2. The second-order valence-corrected chi connectivity index (χ2v) is 9.67. The first-order valence-electron chi connectivity index (χ1n) is 10.5. The zero-order valence-corrected chi connectivity index (χ0v) is 19.9. The van der Waals surface area contributed by atoms with E-state index in [1.165, 1.54) is 11.8 Å². The van der Waals surface area contributed by atoms with Gasteiger partial charge in [0.1, 0.15) is 17.6 Å².